The second-order valence-corrected chi connectivity index (χ2v) is 5.56. The van der Waals surface area contributed by atoms with Crippen LogP contribution in [0.15, 0.2) is 54.6 Å². The molecule has 1 amide bonds. The van der Waals surface area contributed by atoms with Crippen LogP contribution in [0.5, 0.6) is 0 Å². The molecule has 2 aromatic carbocycles. The Morgan fingerprint density at radius 1 is 1.04 bits per heavy atom. The summed E-state index contributed by atoms with van der Waals surface area (Å²) < 4.78 is 13.2. The Bertz CT molecular complexity index is 870. The number of hydrogen-bond donors (Lipinski definition) is 0. The number of hydrogen-bond acceptors (Lipinski definition) is 2. The van der Waals surface area contributed by atoms with Crippen LogP contribution >= 0.6 is 0 Å². The molecule has 0 aliphatic rings. The maximum Gasteiger partial charge on any atom is 0.254 e. The molecule has 0 atom stereocenters. The second-order valence-electron chi connectivity index (χ2n) is 5.56. The van der Waals surface area contributed by atoms with Crippen molar-refractivity contribution < 1.29 is 9.18 Å². The highest BCUT2D eigenvalue weighted by Gasteiger charge is 2.17. The smallest absolute Gasteiger partial charge is 0.254 e. The van der Waals surface area contributed by atoms with E-state index in [-0.39, 0.29) is 11.7 Å². The lowest BCUT2D eigenvalue weighted by molar-refractivity contribution is 0.0775. The minimum atomic E-state index is -0.293. The van der Waals surface area contributed by atoms with Crippen LogP contribution in [0.25, 0.3) is 22.2 Å². The molecule has 0 bridgehead atoms. The zero-order valence-electron chi connectivity index (χ0n) is 13.8. The number of carbonyl (C=O) groups is 1. The Labute approximate surface area is 140 Å². The number of fused-ring (bicyclic) bond motifs is 1. The first kappa shape index (κ1) is 16.1. The molecule has 4 heteroatoms. The first-order chi connectivity index (χ1) is 11.6. The number of aromatic nitrogens is 1. The van der Waals surface area contributed by atoms with E-state index < -0.39 is 0 Å². The van der Waals surface area contributed by atoms with E-state index in [0.29, 0.717) is 24.3 Å². The van der Waals surface area contributed by atoms with Gasteiger partial charge in [-0.1, -0.05) is 18.2 Å². The molecule has 0 fully saturated rings. The van der Waals surface area contributed by atoms with E-state index in [1.807, 2.05) is 38.1 Å². The van der Waals surface area contributed by atoms with Gasteiger partial charge in [0.15, 0.2) is 0 Å². The summed E-state index contributed by atoms with van der Waals surface area (Å²) in [7, 11) is 0. The van der Waals surface area contributed by atoms with Gasteiger partial charge in [0.05, 0.1) is 16.8 Å². The molecule has 3 aromatic rings. The van der Waals surface area contributed by atoms with Crippen molar-refractivity contribution in [2.45, 2.75) is 13.8 Å². The summed E-state index contributed by atoms with van der Waals surface area (Å²) in [6.07, 6.45) is 0. The normalized spacial score (nSPS) is 10.8. The summed E-state index contributed by atoms with van der Waals surface area (Å²) >= 11 is 0. The summed E-state index contributed by atoms with van der Waals surface area (Å²) in [4.78, 5) is 19.3. The van der Waals surface area contributed by atoms with E-state index in [1.165, 1.54) is 12.1 Å². The molecule has 1 heterocycles. The largest absolute Gasteiger partial charge is 0.339 e. The van der Waals surface area contributed by atoms with Crippen molar-refractivity contribution in [1.82, 2.24) is 9.88 Å². The molecule has 0 aliphatic heterocycles. The van der Waals surface area contributed by atoms with Crippen molar-refractivity contribution in [2.24, 2.45) is 0 Å². The van der Waals surface area contributed by atoms with E-state index in [0.717, 1.165) is 16.5 Å². The van der Waals surface area contributed by atoms with Crippen LogP contribution in [0, 0.1) is 5.82 Å². The van der Waals surface area contributed by atoms with E-state index in [9.17, 15) is 9.18 Å². The zero-order valence-corrected chi connectivity index (χ0v) is 13.8. The van der Waals surface area contributed by atoms with E-state index >= 15 is 0 Å². The summed E-state index contributed by atoms with van der Waals surface area (Å²) in [6.45, 7) is 5.23. The standard InChI is InChI=1S/C20H19FN2O/c1-3-23(4-2)20(24)17-13-19(14-9-11-15(21)12-10-14)22-18-8-6-5-7-16(17)18/h5-13H,3-4H2,1-2H3. The lowest BCUT2D eigenvalue weighted by Crippen LogP contribution is -2.30. The Kier molecular flexibility index (Phi) is 4.56. The van der Waals surface area contributed by atoms with Gasteiger partial charge in [0.25, 0.3) is 5.91 Å². The van der Waals surface area contributed by atoms with Crippen molar-refractivity contribution in [2.75, 3.05) is 13.1 Å². The molecule has 0 spiro atoms. The molecule has 1 aromatic heterocycles. The van der Waals surface area contributed by atoms with E-state index in [2.05, 4.69) is 4.98 Å². The molecule has 0 aliphatic carbocycles. The van der Waals surface area contributed by atoms with Gasteiger partial charge in [-0.05, 0) is 50.2 Å². The van der Waals surface area contributed by atoms with Gasteiger partial charge in [0.1, 0.15) is 5.82 Å². The molecule has 0 unspecified atom stereocenters. The Morgan fingerprint density at radius 2 is 1.71 bits per heavy atom. The number of benzene rings is 2. The number of halogens is 1. The third kappa shape index (κ3) is 3.00. The van der Waals surface area contributed by atoms with Crippen LogP contribution in [0.2, 0.25) is 0 Å². The minimum absolute atomic E-state index is 0.0121. The SMILES string of the molecule is CCN(CC)C(=O)c1cc(-c2ccc(F)cc2)nc2ccccc12. The molecule has 0 saturated carbocycles. The summed E-state index contributed by atoms with van der Waals surface area (Å²) in [6, 6.07) is 15.6. The lowest BCUT2D eigenvalue weighted by Gasteiger charge is -2.20. The monoisotopic (exact) mass is 322 g/mol. The summed E-state index contributed by atoms with van der Waals surface area (Å²) in [5.41, 5.74) is 2.85. The fourth-order valence-electron chi connectivity index (χ4n) is 2.80. The minimum Gasteiger partial charge on any atom is -0.339 e. The van der Waals surface area contributed by atoms with Gasteiger partial charge in [-0.2, -0.15) is 0 Å². The Balaban J connectivity index is 2.19. The van der Waals surface area contributed by atoms with Crippen molar-refractivity contribution in [3.8, 4) is 11.3 Å². The van der Waals surface area contributed by atoms with Crippen molar-refractivity contribution in [1.29, 1.82) is 0 Å². The van der Waals surface area contributed by atoms with Crippen LogP contribution in [0.3, 0.4) is 0 Å². The van der Waals surface area contributed by atoms with Crippen LogP contribution in [0.4, 0.5) is 4.39 Å². The third-order valence-electron chi connectivity index (χ3n) is 4.14. The van der Waals surface area contributed by atoms with Gasteiger partial charge in [-0.25, -0.2) is 9.37 Å². The Morgan fingerprint density at radius 3 is 2.38 bits per heavy atom. The van der Waals surface area contributed by atoms with Crippen molar-refractivity contribution >= 4 is 16.8 Å². The first-order valence-electron chi connectivity index (χ1n) is 8.09. The fourth-order valence-corrected chi connectivity index (χ4v) is 2.80. The van der Waals surface area contributed by atoms with Gasteiger partial charge in [-0.15, -0.1) is 0 Å². The molecule has 0 N–H and O–H groups in total. The topological polar surface area (TPSA) is 33.2 Å². The number of para-hydroxylation sites is 1. The lowest BCUT2D eigenvalue weighted by atomic mass is 10.0. The average Bonchev–Trinajstić information content (AvgIpc) is 2.62. The number of amides is 1. The predicted octanol–water partition coefficient (Wildman–Crippen LogP) is 4.52. The summed E-state index contributed by atoms with van der Waals surface area (Å²) in [5.74, 6) is -0.305. The molecule has 122 valence electrons. The molecule has 3 rings (SSSR count). The van der Waals surface area contributed by atoms with E-state index in [1.54, 1.807) is 23.1 Å². The quantitative estimate of drug-likeness (QED) is 0.707. The highest BCUT2D eigenvalue weighted by molar-refractivity contribution is 6.07. The number of pyridine rings is 1. The van der Waals surface area contributed by atoms with Crippen LogP contribution < -0.4 is 0 Å². The number of carbonyl (C=O) groups excluding carboxylic acids is 1. The molecule has 0 radical (unpaired) electrons. The first-order valence-corrected chi connectivity index (χ1v) is 8.09. The van der Waals surface area contributed by atoms with Crippen molar-refractivity contribution in [3.05, 3.63) is 66.0 Å². The third-order valence-corrected chi connectivity index (χ3v) is 4.14. The van der Waals surface area contributed by atoms with E-state index in [4.69, 9.17) is 0 Å². The second kappa shape index (κ2) is 6.79. The number of nitrogens with zero attached hydrogens (tertiary/aromatic N) is 2. The molecule has 0 saturated heterocycles. The van der Waals surface area contributed by atoms with Gasteiger partial charge in [-0.3, -0.25) is 4.79 Å². The summed E-state index contributed by atoms with van der Waals surface area (Å²) in [5, 5.41) is 0.834. The van der Waals surface area contributed by atoms with Gasteiger partial charge in [0, 0.05) is 24.0 Å². The molecule has 24 heavy (non-hydrogen) atoms. The Hall–Kier alpha value is -2.75. The molecular formula is C20H19FN2O. The highest BCUT2D eigenvalue weighted by Crippen LogP contribution is 2.26. The van der Waals surface area contributed by atoms with Gasteiger partial charge < -0.3 is 4.90 Å². The maximum absolute atomic E-state index is 13.2. The van der Waals surface area contributed by atoms with Crippen LogP contribution in [-0.4, -0.2) is 28.9 Å². The maximum atomic E-state index is 13.2. The van der Waals surface area contributed by atoms with Gasteiger partial charge in [0.2, 0.25) is 0 Å². The predicted molar refractivity (Wildman–Crippen MR) is 94.4 cm³/mol. The molecular weight excluding hydrogens is 303 g/mol. The fraction of sp³-hybridized carbons (Fsp3) is 0.200. The van der Waals surface area contributed by atoms with Crippen LogP contribution in [-0.2, 0) is 0 Å². The van der Waals surface area contributed by atoms with Crippen molar-refractivity contribution in [3.63, 3.8) is 0 Å². The highest BCUT2D eigenvalue weighted by atomic mass is 19.1. The van der Waals surface area contributed by atoms with Gasteiger partial charge >= 0.3 is 0 Å². The zero-order chi connectivity index (χ0) is 17.1. The van der Waals surface area contributed by atoms with Crippen LogP contribution in [0.1, 0.15) is 24.2 Å². The number of rotatable bonds is 4. The molecule has 3 nitrogen and oxygen atoms in total. The average molecular weight is 322 g/mol.